The van der Waals surface area contributed by atoms with Crippen molar-refractivity contribution in [3.05, 3.63) is 53.2 Å². The molecule has 0 unspecified atom stereocenters. The fourth-order valence-corrected chi connectivity index (χ4v) is 4.95. The molecule has 10 nitrogen and oxygen atoms in total. The van der Waals surface area contributed by atoms with Gasteiger partial charge in [-0.3, -0.25) is 0 Å². The number of nitrogens with zero attached hydrogens (tertiary/aromatic N) is 6. The molecule has 1 aliphatic heterocycles. The summed E-state index contributed by atoms with van der Waals surface area (Å²) < 4.78 is 13.3. The fraction of sp³-hybridized carbons (Fsp3) is 0.516. The number of likely N-dealkylation sites (tertiary alicyclic amines) is 1. The van der Waals surface area contributed by atoms with Crippen molar-refractivity contribution < 1.29 is 19.1 Å². The van der Waals surface area contributed by atoms with E-state index in [9.17, 15) is 9.59 Å². The smallest absolute Gasteiger partial charge is 0.420 e. The van der Waals surface area contributed by atoms with Gasteiger partial charge in [0, 0.05) is 13.1 Å². The standard InChI is InChI=1S/C31H42N6O4/c1-20-17-21(2)19-24(18-20)36(29(39)41-31(7,8)9)26-12-10-11-25(32-26)27-22(3)33-34-37(27)23-13-15-35(16-14-23)28(38)40-30(4,5)6/h10-12,17-19,23H,13-16H2,1-9H3. The molecule has 4 rings (SSSR count). The summed E-state index contributed by atoms with van der Waals surface area (Å²) in [6, 6.07) is 11.6. The zero-order chi connectivity index (χ0) is 30.1. The van der Waals surface area contributed by atoms with Crippen molar-refractivity contribution in [2.75, 3.05) is 18.0 Å². The number of anilines is 2. The number of aryl methyl sites for hydroxylation is 3. The lowest BCUT2D eigenvalue weighted by atomic mass is 10.0. The van der Waals surface area contributed by atoms with Gasteiger partial charge in [-0.25, -0.2) is 24.2 Å². The molecule has 220 valence electrons. The molecule has 2 amide bonds. The van der Waals surface area contributed by atoms with E-state index in [1.165, 1.54) is 4.90 Å². The molecule has 1 saturated heterocycles. The number of ether oxygens (including phenoxy) is 2. The zero-order valence-corrected chi connectivity index (χ0v) is 25.7. The van der Waals surface area contributed by atoms with Crippen LogP contribution >= 0.6 is 0 Å². The minimum atomic E-state index is -0.681. The van der Waals surface area contributed by atoms with Gasteiger partial charge in [-0.1, -0.05) is 17.3 Å². The molecule has 0 radical (unpaired) electrons. The Kier molecular flexibility index (Phi) is 8.42. The Morgan fingerprint density at radius 1 is 0.902 bits per heavy atom. The summed E-state index contributed by atoms with van der Waals surface area (Å²) in [5.74, 6) is 0.439. The van der Waals surface area contributed by atoms with Crippen molar-refractivity contribution in [2.24, 2.45) is 0 Å². The molecule has 1 aliphatic rings. The van der Waals surface area contributed by atoms with Crippen LogP contribution in [-0.2, 0) is 9.47 Å². The molecule has 0 bridgehead atoms. The van der Waals surface area contributed by atoms with Crippen molar-refractivity contribution >= 4 is 23.7 Å². The highest BCUT2D eigenvalue weighted by molar-refractivity contribution is 5.95. The second-order valence-corrected chi connectivity index (χ2v) is 12.7. The van der Waals surface area contributed by atoms with E-state index in [1.807, 2.05) is 91.3 Å². The first kappa shape index (κ1) is 30.0. The minimum Gasteiger partial charge on any atom is -0.444 e. The van der Waals surface area contributed by atoms with E-state index in [2.05, 4.69) is 16.4 Å². The van der Waals surface area contributed by atoms with Crippen LogP contribution in [0.1, 0.15) is 77.2 Å². The number of amides is 2. The number of carbonyl (C=O) groups excluding carboxylic acids is 2. The van der Waals surface area contributed by atoms with E-state index < -0.39 is 17.3 Å². The van der Waals surface area contributed by atoms with Gasteiger partial charge in [0.25, 0.3) is 0 Å². The number of hydrogen-bond donors (Lipinski definition) is 0. The van der Waals surface area contributed by atoms with Crippen LogP contribution in [0.4, 0.5) is 21.1 Å². The monoisotopic (exact) mass is 562 g/mol. The first-order valence-electron chi connectivity index (χ1n) is 14.1. The van der Waals surface area contributed by atoms with Gasteiger partial charge >= 0.3 is 12.2 Å². The van der Waals surface area contributed by atoms with E-state index in [1.54, 1.807) is 11.0 Å². The first-order chi connectivity index (χ1) is 19.1. The minimum absolute atomic E-state index is 0.0386. The van der Waals surface area contributed by atoms with Crippen LogP contribution in [0.15, 0.2) is 36.4 Å². The predicted octanol–water partition coefficient (Wildman–Crippen LogP) is 6.91. The number of piperidine rings is 1. The molecule has 0 saturated carbocycles. The molecular formula is C31H42N6O4. The average Bonchev–Trinajstić information content (AvgIpc) is 3.23. The molecule has 2 aromatic heterocycles. The molecule has 1 aromatic carbocycles. The van der Waals surface area contributed by atoms with Gasteiger partial charge in [0.1, 0.15) is 22.7 Å². The number of benzene rings is 1. The Morgan fingerprint density at radius 3 is 2.10 bits per heavy atom. The summed E-state index contributed by atoms with van der Waals surface area (Å²) >= 11 is 0. The summed E-state index contributed by atoms with van der Waals surface area (Å²) in [5, 5.41) is 8.84. The Hall–Kier alpha value is -3.95. The number of carbonyl (C=O) groups is 2. The number of rotatable bonds is 4. The summed E-state index contributed by atoms with van der Waals surface area (Å²) in [7, 11) is 0. The lowest BCUT2D eigenvalue weighted by Crippen LogP contribution is -2.42. The third-order valence-corrected chi connectivity index (χ3v) is 6.57. The van der Waals surface area contributed by atoms with Crippen molar-refractivity contribution in [2.45, 2.75) is 92.4 Å². The Labute approximate surface area is 242 Å². The fourth-order valence-electron chi connectivity index (χ4n) is 4.95. The zero-order valence-electron chi connectivity index (χ0n) is 25.7. The van der Waals surface area contributed by atoms with Gasteiger partial charge in [0.05, 0.1) is 23.1 Å². The number of aromatic nitrogens is 4. The second-order valence-electron chi connectivity index (χ2n) is 12.7. The molecule has 10 heteroatoms. The Balaban J connectivity index is 1.66. The summed E-state index contributed by atoms with van der Waals surface area (Å²) in [5.41, 5.74) is 3.69. The average molecular weight is 563 g/mol. The Morgan fingerprint density at radius 2 is 1.51 bits per heavy atom. The van der Waals surface area contributed by atoms with Crippen LogP contribution in [0.5, 0.6) is 0 Å². The van der Waals surface area contributed by atoms with Crippen LogP contribution in [0.25, 0.3) is 11.4 Å². The third kappa shape index (κ3) is 7.42. The van der Waals surface area contributed by atoms with Crippen molar-refractivity contribution in [3.63, 3.8) is 0 Å². The van der Waals surface area contributed by atoms with Crippen molar-refractivity contribution in [1.29, 1.82) is 0 Å². The summed E-state index contributed by atoms with van der Waals surface area (Å²) in [6.07, 6.45) is 0.613. The highest BCUT2D eigenvalue weighted by atomic mass is 16.6. The van der Waals surface area contributed by atoms with Gasteiger partial charge in [-0.2, -0.15) is 0 Å². The largest absolute Gasteiger partial charge is 0.444 e. The maximum absolute atomic E-state index is 13.5. The lowest BCUT2D eigenvalue weighted by molar-refractivity contribution is 0.0184. The molecule has 0 spiro atoms. The Bertz CT molecular complexity index is 1390. The third-order valence-electron chi connectivity index (χ3n) is 6.57. The lowest BCUT2D eigenvalue weighted by Gasteiger charge is -2.33. The van der Waals surface area contributed by atoms with Gasteiger partial charge in [0.2, 0.25) is 0 Å². The van der Waals surface area contributed by atoms with Crippen LogP contribution in [0.2, 0.25) is 0 Å². The van der Waals surface area contributed by atoms with Gasteiger partial charge in [0.15, 0.2) is 0 Å². The molecule has 0 N–H and O–H groups in total. The summed E-state index contributed by atoms with van der Waals surface area (Å²) in [4.78, 5) is 34.3. The molecule has 3 aromatic rings. The molecule has 3 heterocycles. The topological polar surface area (TPSA) is 103 Å². The quantitative estimate of drug-likeness (QED) is 0.340. The van der Waals surface area contributed by atoms with Crippen molar-refractivity contribution in [3.8, 4) is 11.4 Å². The molecule has 41 heavy (non-hydrogen) atoms. The van der Waals surface area contributed by atoms with E-state index in [-0.39, 0.29) is 12.1 Å². The van der Waals surface area contributed by atoms with E-state index in [0.29, 0.717) is 43.1 Å². The van der Waals surface area contributed by atoms with Gasteiger partial charge < -0.3 is 14.4 Å². The van der Waals surface area contributed by atoms with Crippen LogP contribution in [0, 0.1) is 20.8 Å². The van der Waals surface area contributed by atoms with E-state index >= 15 is 0 Å². The van der Waals surface area contributed by atoms with Gasteiger partial charge in [-0.05, 0) is 111 Å². The maximum atomic E-state index is 13.5. The molecule has 1 fully saturated rings. The van der Waals surface area contributed by atoms with Crippen molar-refractivity contribution in [1.82, 2.24) is 24.9 Å². The second kappa shape index (κ2) is 11.5. The maximum Gasteiger partial charge on any atom is 0.420 e. The molecule has 0 aliphatic carbocycles. The molecular weight excluding hydrogens is 520 g/mol. The SMILES string of the molecule is Cc1cc(C)cc(N(C(=O)OC(C)(C)C)c2cccc(-c3c(C)nnn3C3CCN(C(=O)OC(C)(C)C)CC3)n2)c1. The van der Waals surface area contributed by atoms with E-state index in [0.717, 1.165) is 22.5 Å². The number of hydrogen-bond acceptors (Lipinski definition) is 7. The highest BCUT2D eigenvalue weighted by Gasteiger charge is 2.31. The normalized spacial score (nSPS) is 14.6. The van der Waals surface area contributed by atoms with Crippen LogP contribution in [-0.4, -0.2) is 61.4 Å². The van der Waals surface area contributed by atoms with Crippen LogP contribution < -0.4 is 4.90 Å². The number of pyridine rings is 1. The predicted molar refractivity (Wildman–Crippen MR) is 158 cm³/mol. The highest BCUT2D eigenvalue weighted by Crippen LogP contribution is 2.33. The van der Waals surface area contributed by atoms with Crippen LogP contribution in [0.3, 0.4) is 0 Å². The first-order valence-corrected chi connectivity index (χ1v) is 14.1. The van der Waals surface area contributed by atoms with Gasteiger partial charge in [-0.15, -0.1) is 5.10 Å². The van der Waals surface area contributed by atoms with E-state index in [4.69, 9.17) is 14.5 Å². The summed E-state index contributed by atoms with van der Waals surface area (Å²) in [6.45, 7) is 18.1. The molecule has 0 atom stereocenters.